The van der Waals surface area contributed by atoms with Gasteiger partial charge in [-0.1, -0.05) is 18.1 Å². The summed E-state index contributed by atoms with van der Waals surface area (Å²) in [4.78, 5) is 13.7. The number of halogens is 3. The zero-order valence-corrected chi connectivity index (χ0v) is 25.5. The number of ether oxygens (including phenoxy) is 2. The molecule has 4 fully saturated rings. The number of aromatic hydroxyl groups is 1. The highest BCUT2D eigenvalue weighted by Crippen LogP contribution is 2.43. The zero-order chi connectivity index (χ0) is 31.6. The lowest BCUT2D eigenvalue weighted by Gasteiger charge is -2.39. The summed E-state index contributed by atoms with van der Waals surface area (Å²) in [6.45, 7) is 3.55. The predicted octanol–water partition coefficient (Wildman–Crippen LogP) is 6.52. The number of phenolic OH excluding ortho intramolecular Hbond substituents is 1. The molecule has 5 heterocycles. The Kier molecular flexibility index (Phi) is 7.03. The summed E-state index contributed by atoms with van der Waals surface area (Å²) >= 11 is 0. The molecule has 4 aliphatic heterocycles. The van der Waals surface area contributed by atoms with Crippen LogP contribution in [0.15, 0.2) is 36.4 Å². The van der Waals surface area contributed by atoms with E-state index in [0.717, 1.165) is 51.7 Å². The number of nitrogens with zero attached hydrogens (tertiary/aromatic N) is 4. The van der Waals surface area contributed by atoms with Crippen molar-refractivity contribution in [2.45, 2.75) is 62.3 Å². The van der Waals surface area contributed by atoms with Crippen molar-refractivity contribution in [3.63, 3.8) is 0 Å². The number of rotatable bonds is 5. The van der Waals surface area contributed by atoms with Gasteiger partial charge in [0, 0.05) is 49.0 Å². The molecule has 4 aromatic rings. The van der Waals surface area contributed by atoms with Gasteiger partial charge >= 0.3 is 6.01 Å². The van der Waals surface area contributed by atoms with E-state index in [2.05, 4.69) is 20.7 Å². The molecule has 0 radical (unpaired) electrons. The lowest BCUT2D eigenvalue weighted by molar-refractivity contribution is -0.0146. The van der Waals surface area contributed by atoms with E-state index < -0.39 is 23.3 Å². The van der Waals surface area contributed by atoms with Gasteiger partial charge in [0.1, 0.15) is 35.7 Å². The molecule has 2 atom stereocenters. The van der Waals surface area contributed by atoms with E-state index in [1.54, 1.807) is 12.1 Å². The number of aromatic nitrogens is 2. The van der Waals surface area contributed by atoms with Gasteiger partial charge in [-0.25, -0.2) is 13.2 Å². The van der Waals surface area contributed by atoms with Gasteiger partial charge in [-0.05, 0) is 80.3 Å². The molecule has 0 bridgehead atoms. The Morgan fingerprint density at radius 2 is 1.87 bits per heavy atom. The van der Waals surface area contributed by atoms with Gasteiger partial charge in [-0.15, -0.1) is 6.42 Å². The monoisotopic (exact) mass is 628 g/mol. The molecule has 10 heteroatoms. The van der Waals surface area contributed by atoms with Gasteiger partial charge in [0.05, 0.1) is 16.7 Å². The lowest BCUT2D eigenvalue weighted by Crippen LogP contribution is -2.44. The van der Waals surface area contributed by atoms with Gasteiger partial charge in [-0.2, -0.15) is 9.97 Å². The number of terminal acetylenes is 1. The Bertz CT molecular complexity index is 1900. The summed E-state index contributed by atoms with van der Waals surface area (Å²) in [6.07, 6.45) is 10.7. The second-order valence-corrected chi connectivity index (χ2v) is 13.3. The topological polar surface area (TPSA) is 71.0 Å². The number of alkyl halides is 1. The van der Waals surface area contributed by atoms with Crippen LogP contribution >= 0.6 is 0 Å². The molecule has 0 amide bonds. The molecule has 0 saturated carbocycles. The summed E-state index contributed by atoms with van der Waals surface area (Å²) < 4.78 is 58.6. The van der Waals surface area contributed by atoms with Gasteiger partial charge in [0.2, 0.25) is 0 Å². The van der Waals surface area contributed by atoms with Crippen LogP contribution in [0.2, 0.25) is 0 Å². The number of benzene rings is 3. The van der Waals surface area contributed by atoms with Crippen LogP contribution in [0.1, 0.15) is 50.5 Å². The third-order valence-electron chi connectivity index (χ3n) is 10.6. The third kappa shape index (κ3) is 4.75. The molecule has 8 rings (SSSR count). The molecule has 238 valence electrons. The number of fused-ring (bicyclic) bond motifs is 3. The molecule has 1 N–H and O–H groups in total. The Morgan fingerprint density at radius 3 is 2.65 bits per heavy atom. The van der Waals surface area contributed by atoms with Crippen molar-refractivity contribution in [3.05, 3.63) is 53.6 Å². The maximum Gasteiger partial charge on any atom is 0.319 e. The standard InChI is InChI=1S/C36H35F3N4O3/c1-2-25-29(38)8-5-22-17-24(44)18-28(30(22)25)26-6-7-27-32(31(26)39)40-34(45-21-35-9-3-13-43(35)20-23(37)19-35)41-33(27)42-14-11-36(12-15-42)10-4-16-46-36/h1,5-8,17-18,23,44H,3-4,9-16,19-21H2/t23-,35+/m1/s1. The smallest absolute Gasteiger partial charge is 0.319 e. The first-order valence-electron chi connectivity index (χ1n) is 16.1. The maximum absolute atomic E-state index is 16.9. The first-order chi connectivity index (χ1) is 22.3. The number of hydrogen-bond acceptors (Lipinski definition) is 7. The highest BCUT2D eigenvalue weighted by atomic mass is 19.1. The average Bonchev–Trinajstić information content (AvgIpc) is 3.75. The van der Waals surface area contributed by atoms with Gasteiger partial charge in [-0.3, -0.25) is 4.90 Å². The minimum atomic E-state index is -0.912. The van der Waals surface area contributed by atoms with Crippen LogP contribution in [-0.4, -0.2) is 76.7 Å². The van der Waals surface area contributed by atoms with Crippen LogP contribution in [0.25, 0.3) is 32.8 Å². The molecular weight excluding hydrogens is 593 g/mol. The summed E-state index contributed by atoms with van der Waals surface area (Å²) in [5.74, 6) is 1.58. The summed E-state index contributed by atoms with van der Waals surface area (Å²) in [5.41, 5.74) is -0.151. The highest BCUT2D eigenvalue weighted by molar-refractivity contribution is 6.04. The van der Waals surface area contributed by atoms with Crippen molar-refractivity contribution < 1.29 is 27.8 Å². The van der Waals surface area contributed by atoms with Crippen LogP contribution in [0.3, 0.4) is 0 Å². The van der Waals surface area contributed by atoms with E-state index in [-0.39, 0.29) is 46.2 Å². The van der Waals surface area contributed by atoms with E-state index in [0.29, 0.717) is 48.0 Å². The van der Waals surface area contributed by atoms with Gasteiger partial charge in [0.25, 0.3) is 0 Å². The minimum absolute atomic E-state index is 0.0149. The molecule has 46 heavy (non-hydrogen) atoms. The zero-order valence-electron chi connectivity index (χ0n) is 25.5. The Balaban J connectivity index is 1.25. The Hall–Kier alpha value is -4.07. The number of piperidine rings is 1. The largest absolute Gasteiger partial charge is 0.508 e. The predicted molar refractivity (Wildman–Crippen MR) is 170 cm³/mol. The van der Waals surface area contributed by atoms with Crippen molar-refractivity contribution in [2.24, 2.45) is 0 Å². The first-order valence-corrected chi connectivity index (χ1v) is 16.1. The fraction of sp³-hybridized carbons (Fsp3) is 0.444. The molecule has 3 aromatic carbocycles. The molecule has 1 aromatic heterocycles. The second-order valence-electron chi connectivity index (χ2n) is 13.3. The van der Waals surface area contributed by atoms with Crippen LogP contribution in [0.5, 0.6) is 11.8 Å². The molecule has 1 spiro atoms. The number of anilines is 1. The SMILES string of the molecule is C#Cc1c(F)ccc2cc(O)cc(-c3ccc4c(N5CCC6(CCCO6)CC5)nc(OC[C@@]56CCCN5C[C@H](F)C6)nc4c3F)c12. The van der Waals surface area contributed by atoms with E-state index in [1.165, 1.54) is 24.3 Å². The lowest BCUT2D eigenvalue weighted by atomic mass is 9.88. The molecule has 0 unspecified atom stereocenters. The van der Waals surface area contributed by atoms with Crippen LogP contribution in [-0.2, 0) is 4.74 Å². The van der Waals surface area contributed by atoms with E-state index in [4.69, 9.17) is 20.9 Å². The van der Waals surface area contributed by atoms with Crippen LogP contribution in [0, 0.1) is 24.0 Å². The summed E-state index contributed by atoms with van der Waals surface area (Å²) in [7, 11) is 0. The molecule has 7 nitrogen and oxygen atoms in total. The average molecular weight is 629 g/mol. The van der Waals surface area contributed by atoms with E-state index >= 15 is 4.39 Å². The fourth-order valence-electron chi connectivity index (χ4n) is 8.34. The van der Waals surface area contributed by atoms with Crippen LogP contribution in [0.4, 0.5) is 19.0 Å². The second kappa shape index (κ2) is 11.0. The maximum atomic E-state index is 16.9. The first kappa shape index (κ1) is 29.3. The van der Waals surface area contributed by atoms with Crippen LogP contribution < -0.4 is 9.64 Å². The molecular formula is C36H35F3N4O3. The van der Waals surface area contributed by atoms with E-state index in [9.17, 15) is 13.9 Å². The third-order valence-corrected chi connectivity index (χ3v) is 10.6. The van der Waals surface area contributed by atoms with Crippen molar-refractivity contribution in [2.75, 3.05) is 44.3 Å². The van der Waals surface area contributed by atoms with Crippen molar-refractivity contribution in [3.8, 4) is 35.2 Å². The van der Waals surface area contributed by atoms with Gasteiger partial charge in [0.15, 0.2) is 5.82 Å². The number of phenols is 1. The van der Waals surface area contributed by atoms with Gasteiger partial charge < -0.3 is 19.5 Å². The molecule has 4 saturated heterocycles. The Labute approximate surface area is 265 Å². The highest BCUT2D eigenvalue weighted by Gasteiger charge is 2.49. The van der Waals surface area contributed by atoms with Crippen molar-refractivity contribution >= 4 is 27.5 Å². The molecule has 4 aliphatic rings. The minimum Gasteiger partial charge on any atom is -0.508 e. The van der Waals surface area contributed by atoms with Crippen molar-refractivity contribution in [1.29, 1.82) is 0 Å². The normalized spacial score (nSPS) is 24.2. The number of hydrogen-bond donors (Lipinski definition) is 1. The summed E-state index contributed by atoms with van der Waals surface area (Å²) in [6, 6.07) is 8.99. The molecule has 0 aliphatic carbocycles. The van der Waals surface area contributed by atoms with Crippen molar-refractivity contribution in [1.82, 2.24) is 14.9 Å². The quantitative estimate of drug-likeness (QED) is 0.253. The Morgan fingerprint density at radius 1 is 1.02 bits per heavy atom. The van der Waals surface area contributed by atoms with E-state index in [1.807, 2.05) is 0 Å². The summed E-state index contributed by atoms with van der Waals surface area (Å²) in [5, 5.41) is 11.9. The fourth-order valence-corrected chi connectivity index (χ4v) is 8.34.